The molecule has 1 unspecified atom stereocenters. The van der Waals surface area contributed by atoms with Gasteiger partial charge in [0.1, 0.15) is 0 Å². The zero-order valence-electron chi connectivity index (χ0n) is 16.1. The van der Waals surface area contributed by atoms with Crippen LogP contribution < -0.4 is 10.6 Å². The SMILES string of the molecule is CCNC(=NCc1ccnc2ccccc12)NCCCOCC1CCCO1. The van der Waals surface area contributed by atoms with Crippen LogP contribution in [0.25, 0.3) is 10.9 Å². The van der Waals surface area contributed by atoms with E-state index < -0.39 is 0 Å². The number of hydrogen-bond acceptors (Lipinski definition) is 4. The van der Waals surface area contributed by atoms with Gasteiger partial charge in [-0.2, -0.15) is 0 Å². The summed E-state index contributed by atoms with van der Waals surface area (Å²) in [5.41, 5.74) is 2.18. The van der Waals surface area contributed by atoms with Crippen LogP contribution in [0, 0.1) is 0 Å². The van der Waals surface area contributed by atoms with Crippen LogP contribution in [0.3, 0.4) is 0 Å². The third-order valence-electron chi connectivity index (χ3n) is 4.58. The predicted molar refractivity (Wildman–Crippen MR) is 109 cm³/mol. The number of benzene rings is 1. The predicted octanol–water partition coefficient (Wildman–Crippen LogP) is 2.88. The Kier molecular flexibility index (Phi) is 7.86. The Morgan fingerprint density at radius 2 is 2.22 bits per heavy atom. The number of hydrogen-bond donors (Lipinski definition) is 2. The molecule has 2 heterocycles. The van der Waals surface area contributed by atoms with Crippen LogP contribution in [0.5, 0.6) is 0 Å². The largest absolute Gasteiger partial charge is 0.379 e. The molecule has 0 bridgehead atoms. The highest BCUT2D eigenvalue weighted by molar-refractivity contribution is 5.83. The topological polar surface area (TPSA) is 67.8 Å². The number of rotatable bonds is 9. The Hall–Kier alpha value is -2.18. The molecule has 146 valence electrons. The van der Waals surface area contributed by atoms with Crippen molar-refractivity contribution in [1.29, 1.82) is 0 Å². The van der Waals surface area contributed by atoms with E-state index in [1.807, 2.05) is 30.5 Å². The summed E-state index contributed by atoms with van der Waals surface area (Å²) in [7, 11) is 0. The van der Waals surface area contributed by atoms with Gasteiger partial charge in [-0.3, -0.25) is 4.98 Å². The molecule has 27 heavy (non-hydrogen) atoms. The zero-order chi connectivity index (χ0) is 18.7. The molecule has 1 aliphatic heterocycles. The molecule has 1 fully saturated rings. The van der Waals surface area contributed by atoms with Gasteiger partial charge in [0.05, 0.1) is 24.8 Å². The Labute approximate surface area is 161 Å². The number of aliphatic imine (C=N–C) groups is 1. The van der Waals surface area contributed by atoms with Gasteiger partial charge < -0.3 is 20.1 Å². The number of ether oxygens (including phenoxy) is 2. The smallest absolute Gasteiger partial charge is 0.191 e. The molecule has 0 spiro atoms. The molecule has 0 radical (unpaired) electrons. The third kappa shape index (κ3) is 6.19. The van der Waals surface area contributed by atoms with Crippen molar-refractivity contribution in [2.45, 2.75) is 38.8 Å². The lowest BCUT2D eigenvalue weighted by Crippen LogP contribution is -2.38. The highest BCUT2D eigenvalue weighted by atomic mass is 16.5. The summed E-state index contributed by atoms with van der Waals surface area (Å²) in [4.78, 5) is 9.13. The molecule has 1 aromatic heterocycles. The van der Waals surface area contributed by atoms with E-state index in [0.29, 0.717) is 19.3 Å². The molecule has 3 rings (SSSR count). The Morgan fingerprint density at radius 3 is 3.07 bits per heavy atom. The van der Waals surface area contributed by atoms with E-state index in [1.54, 1.807) is 0 Å². The van der Waals surface area contributed by atoms with E-state index in [-0.39, 0.29) is 0 Å². The number of guanidine groups is 1. The molecule has 0 aliphatic carbocycles. The van der Waals surface area contributed by atoms with Crippen LogP contribution >= 0.6 is 0 Å². The number of para-hydroxylation sites is 1. The quantitative estimate of drug-likeness (QED) is 0.404. The molecule has 1 aromatic carbocycles. The lowest BCUT2D eigenvalue weighted by molar-refractivity contribution is 0.0168. The van der Waals surface area contributed by atoms with Crippen LogP contribution in [-0.4, -0.2) is 50.0 Å². The molecule has 1 aliphatic rings. The normalized spacial score (nSPS) is 17.4. The van der Waals surface area contributed by atoms with Crippen molar-refractivity contribution in [3.8, 4) is 0 Å². The fraction of sp³-hybridized carbons (Fsp3) is 0.524. The maximum atomic E-state index is 5.70. The van der Waals surface area contributed by atoms with Crippen molar-refractivity contribution in [3.63, 3.8) is 0 Å². The first-order valence-electron chi connectivity index (χ1n) is 9.91. The van der Waals surface area contributed by atoms with Crippen molar-refractivity contribution in [2.75, 3.05) is 32.9 Å². The van der Waals surface area contributed by atoms with E-state index in [2.05, 4.69) is 28.6 Å². The fourth-order valence-electron chi connectivity index (χ4n) is 3.17. The summed E-state index contributed by atoms with van der Waals surface area (Å²) in [5.74, 6) is 0.831. The minimum atomic E-state index is 0.298. The van der Waals surface area contributed by atoms with Gasteiger partial charge >= 0.3 is 0 Å². The van der Waals surface area contributed by atoms with Crippen molar-refractivity contribution in [2.24, 2.45) is 4.99 Å². The minimum Gasteiger partial charge on any atom is -0.379 e. The first kappa shape index (κ1) is 19.6. The molecular formula is C21H30N4O2. The van der Waals surface area contributed by atoms with Crippen molar-refractivity contribution >= 4 is 16.9 Å². The Bertz CT molecular complexity index is 724. The van der Waals surface area contributed by atoms with Crippen LogP contribution in [0.2, 0.25) is 0 Å². The highest BCUT2D eigenvalue weighted by Crippen LogP contribution is 2.16. The van der Waals surface area contributed by atoms with Gasteiger partial charge in [0.15, 0.2) is 5.96 Å². The van der Waals surface area contributed by atoms with Crippen molar-refractivity contribution in [1.82, 2.24) is 15.6 Å². The number of nitrogens with zero attached hydrogens (tertiary/aromatic N) is 2. The molecular weight excluding hydrogens is 340 g/mol. The number of nitrogens with one attached hydrogen (secondary N) is 2. The second kappa shape index (κ2) is 10.8. The number of aromatic nitrogens is 1. The Balaban J connectivity index is 1.44. The molecule has 6 heteroatoms. The molecule has 0 saturated carbocycles. The van der Waals surface area contributed by atoms with Gasteiger partial charge in [0, 0.05) is 37.9 Å². The van der Waals surface area contributed by atoms with E-state index in [0.717, 1.165) is 62.4 Å². The Morgan fingerprint density at radius 1 is 1.30 bits per heavy atom. The van der Waals surface area contributed by atoms with Gasteiger partial charge in [-0.15, -0.1) is 0 Å². The van der Waals surface area contributed by atoms with Crippen LogP contribution in [0.15, 0.2) is 41.5 Å². The van der Waals surface area contributed by atoms with Gasteiger partial charge in [-0.1, -0.05) is 18.2 Å². The molecule has 2 N–H and O–H groups in total. The first-order chi connectivity index (χ1) is 13.4. The lowest BCUT2D eigenvalue weighted by atomic mass is 10.1. The van der Waals surface area contributed by atoms with E-state index in [4.69, 9.17) is 14.5 Å². The number of fused-ring (bicyclic) bond motifs is 1. The van der Waals surface area contributed by atoms with Crippen molar-refractivity contribution < 1.29 is 9.47 Å². The summed E-state index contributed by atoms with van der Waals surface area (Å²) in [6.45, 7) is 6.68. The van der Waals surface area contributed by atoms with Gasteiger partial charge in [0.2, 0.25) is 0 Å². The minimum absolute atomic E-state index is 0.298. The van der Waals surface area contributed by atoms with Crippen LogP contribution in [-0.2, 0) is 16.0 Å². The molecule has 6 nitrogen and oxygen atoms in total. The first-order valence-corrected chi connectivity index (χ1v) is 9.91. The standard InChI is InChI=1S/C21H30N4O2/c1-2-22-21(24-11-6-13-26-16-18-7-5-14-27-18)25-15-17-10-12-23-20-9-4-3-8-19(17)20/h3-4,8-10,12,18H,2,5-7,11,13-16H2,1H3,(H2,22,24,25). The van der Waals surface area contributed by atoms with Gasteiger partial charge in [-0.25, -0.2) is 4.99 Å². The van der Waals surface area contributed by atoms with Crippen LogP contribution in [0.1, 0.15) is 31.7 Å². The average molecular weight is 370 g/mol. The number of pyridine rings is 1. The van der Waals surface area contributed by atoms with Gasteiger partial charge in [0.25, 0.3) is 0 Å². The van der Waals surface area contributed by atoms with E-state index in [9.17, 15) is 0 Å². The summed E-state index contributed by atoms with van der Waals surface area (Å²) < 4.78 is 11.3. The fourth-order valence-corrected chi connectivity index (χ4v) is 3.17. The maximum absolute atomic E-state index is 5.70. The van der Waals surface area contributed by atoms with E-state index in [1.165, 1.54) is 5.56 Å². The van der Waals surface area contributed by atoms with Crippen molar-refractivity contribution in [3.05, 3.63) is 42.1 Å². The summed E-state index contributed by atoms with van der Waals surface area (Å²) in [6.07, 6.45) is 5.37. The molecule has 0 amide bonds. The third-order valence-corrected chi connectivity index (χ3v) is 4.58. The summed E-state index contributed by atoms with van der Waals surface area (Å²) in [6, 6.07) is 10.2. The molecule has 1 saturated heterocycles. The highest BCUT2D eigenvalue weighted by Gasteiger charge is 2.14. The average Bonchev–Trinajstić information content (AvgIpc) is 3.22. The van der Waals surface area contributed by atoms with E-state index >= 15 is 0 Å². The van der Waals surface area contributed by atoms with Crippen LogP contribution in [0.4, 0.5) is 0 Å². The van der Waals surface area contributed by atoms with Gasteiger partial charge in [-0.05, 0) is 43.9 Å². The lowest BCUT2D eigenvalue weighted by Gasteiger charge is -2.13. The summed E-state index contributed by atoms with van der Waals surface area (Å²) >= 11 is 0. The second-order valence-corrected chi connectivity index (χ2v) is 6.67. The monoisotopic (exact) mass is 370 g/mol. The second-order valence-electron chi connectivity index (χ2n) is 6.67. The summed E-state index contributed by atoms with van der Waals surface area (Å²) in [5, 5.41) is 7.83. The molecule has 2 aromatic rings. The maximum Gasteiger partial charge on any atom is 0.191 e. The zero-order valence-corrected chi connectivity index (χ0v) is 16.1. The molecule has 1 atom stereocenters.